The van der Waals surface area contributed by atoms with Gasteiger partial charge >= 0.3 is 0 Å². The minimum atomic E-state index is -1.03. The van der Waals surface area contributed by atoms with Crippen LogP contribution in [0.1, 0.15) is 55.2 Å². The third-order valence-electron chi connectivity index (χ3n) is 7.20. The molecule has 1 heterocycles. The van der Waals surface area contributed by atoms with Crippen molar-refractivity contribution in [1.82, 2.24) is 16.0 Å². The summed E-state index contributed by atoms with van der Waals surface area (Å²) in [6, 6.07) is 10.3. The molecule has 4 N–H and O–H groups in total. The molecule has 1 aliphatic carbocycles. The molecule has 3 atom stereocenters. The lowest BCUT2D eigenvalue weighted by atomic mass is 9.98. The van der Waals surface area contributed by atoms with Gasteiger partial charge in [0.2, 0.25) is 11.8 Å². The number of amides is 2. The van der Waals surface area contributed by atoms with Gasteiger partial charge in [0.1, 0.15) is 17.6 Å². The van der Waals surface area contributed by atoms with Gasteiger partial charge in [-0.25, -0.2) is 4.39 Å². The van der Waals surface area contributed by atoms with Gasteiger partial charge in [-0.3, -0.25) is 9.59 Å². The third-order valence-corrected chi connectivity index (χ3v) is 7.20. The van der Waals surface area contributed by atoms with Gasteiger partial charge in [-0.2, -0.15) is 0 Å². The molecule has 8 heteroatoms. The summed E-state index contributed by atoms with van der Waals surface area (Å²) in [7, 11) is 0. The summed E-state index contributed by atoms with van der Waals surface area (Å²) in [5.41, 5.74) is 2.07. The normalized spacial score (nSPS) is 21.9. The summed E-state index contributed by atoms with van der Waals surface area (Å²) in [5, 5.41) is 20.3. The van der Waals surface area contributed by atoms with E-state index in [0.717, 1.165) is 24.0 Å². The fourth-order valence-electron chi connectivity index (χ4n) is 4.86. The van der Waals surface area contributed by atoms with Gasteiger partial charge in [-0.15, -0.1) is 18.8 Å². The lowest BCUT2D eigenvalue weighted by Crippen LogP contribution is -2.55. The summed E-state index contributed by atoms with van der Waals surface area (Å²) in [6.07, 6.45) is 13.2. The number of terminal acetylenes is 2. The fraction of sp³-hybridized carbons (Fsp3) is 0.419. The Morgan fingerprint density at radius 2 is 1.97 bits per heavy atom. The number of hydrogen-bond donors (Lipinski definition) is 4. The largest absolute Gasteiger partial charge is 0.493 e. The van der Waals surface area contributed by atoms with Gasteiger partial charge in [-0.05, 0) is 67.5 Å². The van der Waals surface area contributed by atoms with Crippen LogP contribution < -0.4 is 20.7 Å². The van der Waals surface area contributed by atoms with Crippen molar-refractivity contribution in [1.29, 1.82) is 0 Å². The first-order chi connectivity index (χ1) is 18.8. The van der Waals surface area contributed by atoms with Gasteiger partial charge in [0, 0.05) is 36.6 Å². The molecule has 2 amide bonds. The number of hydrogen-bond acceptors (Lipinski definition) is 5. The van der Waals surface area contributed by atoms with E-state index in [2.05, 4.69) is 27.8 Å². The Labute approximate surface area is 228 Å². The van der Waals surface area contributed by atoms with Crippen molar-refractivity contribution < 1.29 is 23.8 Å². The number of nitrogens with one attached hydrogen (secondary N) is 3. The topological polar surface area (TPSA) is 99.7 Å². The van der Waals surface area contributed by atoms with E-state index in [4.69, 9.17) is 17.6 Å². The van der Waals surface area contributed by atoms with Crippen molar-refractivity contribution >= 4 is 11.8 Å². The predicted molar refractivity (Wildman–Crippen MR) is 146 cm³/mol. The number of fused-ring (bicyclic) bond motifs is 2. The number of aliphatic hydroxyl groups is 1. The van der Waals surface area contributed by atoms with Crippen molar-refractivity contribution in [3.63, 3.8) is 0 Å². The molecule has 0 spiro atoms. The molecular weight excluding hydrogens is 497 g/mol. The van der Waals surface area contributed by atoms with Crippen molar-refractivity contribution in [3.05, 3.63) is 65.0 Å². The predicted octanol–water partition coefficient (Wildman–Crippen LogP) is 2.54. The van der Waals surface area contributed by atoms with Crippen molar-refractivity contribution in [2.45, 2.75) is 68.7 Å². The highest BCUT2D eigenvalue weighted by atomic mass is 19.1. The molecule has 2 aromatic carbocycles. The van der Waals surface area contributed by atoms with Gasteiger partial charge in [0.15, 0.2) is 0 Å². The minimum absolute atomic E-state index is 0.000489. The van der Waals surface area contributed by atoms with Crippen LogP contribution in [0.4, 0.5) is 4.39 Å². The summed E-state index contributed by atoms with van der Waals surface area (Å²) >= 11 is 0. The van der Waals surface area contributed by atoms with E-state index >= 15 is 0 Å². The summed E-state index contributed by atoms with van der Waals surface area (Å²) < 4.78 is 20.1. The number of benzene rings is 2. The van der Waals surface area contributed by atoms with Crippen molar-refractivity contribution in [2.75, 3.05) is 13.2 Å². The molecule has 2 aliphatic rings. The first kappa shape index (κ1) is 28.2. The molecule has 0 aromatic heterocycles. The number of halogens is 1. The zero-order valence-corrected chi connectivity index (χ0v) is 21.8. The third kappa shape index (κ3) is 7.60. The Bertz CT molecular complexity index is 1280. The van der Waals surface area contributed by atoms with E-state index in [9.17, 15) is 19.1 Å². The molecule has 3 unspecified atom stereocenters. The number of rotatable bonds is 6. The second-order valence-corrected chi connectivity index (χ2v) is 10.2. The number of ether oxygens (including phenoxy) is 1. The van der Waals surface area contributed by atoms with Gasteiger partial charge < -0.3 is 25.8 Å². The lowest BCUT2D eigenvalue weighted by Gasteiger charge is -2.29. The lowest BCUT2D eigenvalue weighted by molar-refractivity contribution is -0.129. The van der Waals surface area contributed by atoms with E-state index in [1.165, 1.54) is 12.1 Å². The SMILES string of the molecule is C#CCC1NC(=O)CCCCOc2cc(F)cc(c2)CC(C(O)CNC2(c3cccc(C#C)c3)CC2)NC1=O. The number of carbonyl (C=O) groups excluding carboxylic acids is 2. The summed E-state index contributed by atoms with van der Waals surface area (Å²) in [5.74, 6) is 4.17. The van der Waals surface area contributed by atoms with Crippen LogP contribution in [0, 0.1) is 30.5 Å². The minimum Gasteiger partial charge on any atom is -0.493 e. The van der Waals surface area contributed by atoms with Crippen LogP contribution in [0.5, 0.6) is 5.75 Å². The Morgan fingerprint density at radius 3 is 2.72 bits per heavy atom. The standard InChI is InChI=1S/C31H34FN3O4/c1-3-8-26-30(38)35-27(28(36)20-33-31(12-13-31)23-10-7-9-21(4-2)15-23)18-22-16-24(32)19-25(17-22)39-14-6-5-11-29(37)34-26/h1-2,7,9-10,15-17,19,26-28,33,36H,5-6,8,11-14,18,20H2,(H,34,37)(H,35,38). The molecule has 0 saturated heterocycles. The Balaban J connectivity index is 1.55. The van der Waals surface area contributed by atoms with Crippen molar-refractivity contribution in [2.24, 2.45) is 0 Å². The Hall–Kier alpha value is -3.85. The van der Waals surface area contributed by atoms with Gasteiger partial charge in [0.25, 0.3) is 0 Å². The zero-order chi connectivity index (χ0) is 27.8. The fourth-order valence-corrected chi connectivity index (χ4v) is 4.86. The molecule has 1 saturated carbocycles. The van der Waals surface area contributed by atoms with Crippen LogP contribution >= 0.6 is 0 Å². The average molecular weight is 532 g/mol. The van der Waals surface area contributed by atoms with Crippen molar-refractivity contribution in [3.8, 4) is 30.4 Å². The van der Waals surface area contributed by atoms with Crippen LogP contribution in [0.15, 0.2) is 42.5 Å². The molecule has 39 heavy (non-hydrogen) atoms. The van der Waals surface area contributed by atoms with E-state index in [1.54, 1.807) is 6.07 Å². The maximum absolute atomic E-state index is 14.4. The van der Waals surface area contributed by atoms with Crippen LogP contribution in [0.25, 0.3) is 0 Å². The molecule has 4 rings (SSSR count). The smallest absolute Gasteiger partial charge is 0.243 e. The Kier molecular flexibility index (Phi) is 9.24. The van der Waals surface area contributed by atoms with E-state index in [0.29, 0.717) is 30.8 Å². The van der Waals surface area contributed by atoms with Crippen LogP contribution in [-0.2, 0) is 21.5 Å². The first-order valence-corrected chi connectivity index (χ1v) is 13.3. The van der Waals surface area contributed by atoms with E-state index < -0.39 is 29.9 Å². The quantitative estimate of drug-likeness (QED) is 0.430. The van der Waals surface area contributed by atoms with E-state index in [-0.39, 0.29) is 37.3 Å². The molecular formula is C31H34FN3O4. The second kappa shape index (κ2) is 12.8. The molecule has 2 aromatic rings. The highest BCUT2D eigenvalue weighted by Crippen LogP contribution is 2.45. The highest BCUT2D eigenvalue weighted by Gasteiger charge is 2.44. The van der Waals surface area contributed by atoms with Gasteiger partial charge in [0.05, 0.1) is 18.8 Å². The van der Waals surface area contributed by atoms with Crippen LogP contribution in [-0.4, -0.2) is 48.3 Å². The molecule has 1 fully saturated rings. The maximum atomic E-state index is 14.4. The first-order valence-electron chi connectivity index (χ1n) is 13.3. The molecule has 2 bridgehead atoms. The molecule has 7 nitrogen and oxygen atoms in total. The number of aliphatic hydroxyl groups excluding tert-OH is 1. The molecule has 0 radical (unpaired) electrons. The summed E-state index contributed by atoms with van der Waals surface area (Å²) in [4.78, 5) is 25.7. The number of carbonyl (C=O) groups is 2. The maximum Gasteiger partial charge on any atom is 0.243 e. The zero-order valence-electron chi connectivity index (χ0n) is 21.8. The molecule has 1 aliphatic heterocycles. The average Bonchev–Trinajstić information content (AvgIpc) is 3.71. The van der Waals surface area contributed by atoms with Crippen LogP contribution in [0.2, 0.25) is 0 Å². The Morgan fingerprint density at radius 1 is 1.15 bits per heavy atom. The summed E-state index contributed by atoms with van der Waals surface area (Å²) in [6.45, 7) is 0.482. The highest BCUT2D eigenvalue weighted by molar-refractivity contribution is 5.88. The van der Waals surface area contributed by atoms with E-state index in [1.807, 2.05) is 24.3 Å². The monoisotopic (exact) mass is 531 g/mol. The molecule has 204 valence electrons. The van der Waals surface area contributed by atoms with Gasteiger partial charge in [-0.1, -0.05) is 18.1 Å². The second-order valence-electron chi connectivity index (χ2n) is 10.2. The van der Waals surface area contributed by atoms with Crippen LogP contribution in [0.3, 0.4) is 0 Å².